The molecule has 33 heavy (non-hydrogen) atoms. The lowest BCUT2D eigenvalue weighted by Gasteiger charge is -2.35. The summed E-state index contributed by atoms with van der Waals surface area (Å²) >= 11 is 1.38. The summed E-state index contributed by atoms with van der Waals surface area (Å²) in [6.45, 7) is 4.58. The molecule has 0 atom stereocenters. The molecule has 0 bridgehead atoms. The van der Waals surface area contributed by atoms with Crippen LogP contribution in [-0.2, 0) is 11.0 Å². The average molecular weight is 524 g/mol. The number of fused-ring (bicyclic) bond motifs is 2. The van der Waals surface area contributed by atoms with E-state index in [1.165, 1.54) is 22.7 Å². The van der Waals surface area contributed by atoms with Gasteiger partial charge in [-0.25, -0.2) is 0 Å². The van der Waals surface area contributed by atoms with Crippen molar-refractivity contribution in [3.8, 4) is 0 Å². The van der Waals surface area contributed by atoms with E-state index in [2.05, 4.69) is 9.80 Å². The first-order chi connectivity index (χ1) is 14.9. The van der Waals surface area contributed by atoms with E-state index in [0.717, 1.165) is 43.2 Å². The van der Waals surface area contributed by atoms with Crippen LogP contribution in [0.25, 0.3) is 0 Å². The summed E-state index contributed by atoms with van der Waals surface area (Å²) in [4.78, 5) is 20.5. The number of piperazine rings is 1. The molecular weight excluding hydrogens is 498 g/mol. The van der Waals surface area contributed by atoms with Crippen molar-refractivity contribution in [3.63, 3.8) is 0 Å². The smallest absolute Gasteiger partial charge is 0.395 e. The third kappa shape index (κ3) is 6.35. The van der Waals surface area contributed by atoms with Gasteiger partial charge in [0.25, 0.3) is 0 Å². The van der Waals surface area contributed by atoms with Crippen LogP contribution >= 0.6 is 36.6 Å². The quantitative estimate of drug-likeness (QED) is 0.616. The minimum Gasteiger partial charge on any atom is -0.395 e. The van der Waals surface area contributed by atoms with E-state index in [1.807, 2.05) is 12.1 Å². The molecule has 1 amide bonds. The molecule has 0 saturated carbocycles. The highest BCUT2D eigenvalue weighted by molar-refractivity contribution is 7.99. The lowest BCUT2D eigenvalue weighted by Crippen LogP contribution is -2.48. The second-order valence-corrected chi connectivity index (χ2v) is 8.72. The number of β-amino-alcohol motifs (C(OH)–C–C–N with tert-alkyl or cyclic N) is 1. The Kier molecular flexibility index (Phi) is 9.90. The molecule has 0 aromatic heterocycles. The predicted molar refractivity (Wildman–Crippen MR) is 128 cm³/mol. The Bertz CT molecular complexity index is 957. The number of carbonyl (C=O) groups excluding carboxylic acids is 1. The van der Waals surface area contributed by atoms with Crippen molar-refractivity contribution in [2.45, 2.75) is 22.4 Å². The minimum absolute atomic E-state index is 0. The van der Waals surface area contributed by atoms with E-state index in [-0.39, 0.29) is 49.4 Å². The lowest BCUT2D eigenvalue weighted by atomic mass is 10.1. The van der Waals surface area contributed by atoms with Crippen LogP contribution in [0.4, 0.5) is 24.5 Å². The highest BCUT2D eigenvalue weighted by atomic mass is 35.5. The SMILES string of the molecule is Cl.Cl.O=C(CCN1CCN(CCO)CC1)N1c2ccccc2Sc2ccc(C(F)(F)F)cc21. The van der Waals surface area contributed by atoms with Gasteiger partial charge in [-0.05, 0) is 30.3 Å². The number of hydrogen-bond acceptors (Lipinski definition) is 5. The van der Waals surface area contributed by atoms with Crippen LogP contribution < -0.4 is 4.90 Å². The van der Waals surface area contributed by atoms with E-state index >= 15 is 0 Å². The van der Waals surface area contributed by atoms with Gasteiger partial charge in [0.15, 0.2) is 0 Å². The van der Waals surface area contributed by atoms with Crippen LogP contribution in [0.5, 0.6) is 0 Å². The summed E-state index contributed by atoms with van der Waals surface area (Å²) in [7, 11) is 0. The molecule has 1 saturated heterocycles. The van der Waals surface area contributed by atoms with Gasteiger partial charge < -0.3 is 10.0 Å². The van der Waals surface area contributed by atoms with E-state index in [9.17, 15) is 18.0 Å². The molecule has 0 unspecified atom stereocenters. The Morgan fingerprint density at radius 1 is 0.909 bits per heavy atom. The zero-order chi connectivity index (χ0) is 22.0. The number of aliphatic hydroxyl groups is 1. The summed E-state index contributed by atoms with van der Waals surface area (Å²) in [5.74, 6) is -0.217. The monoisotopic (exact) mass is 523 g/mol. The van der Waals surface area contributed by atoms with Crippen LogP contribution in [-0.4, -0.2) is 66.7 Å². The number of aliphatic hydroxyl groups excluding tert-OH is 1. The van der Waals surface area contributed by atoms with Gasteiger partial charge >= 0.3 is 6.18 Å². The zero-order valence-electron chi connectivity index (χ0n) is 17.8. The molecule has 2 aromatic rings. The summed E-state index contributed by atoms with van der Waals surface area (Å²) in [5, 5.41) is 9.06. The fraction of sp³-hybridized carbons (Fsp3) is 0.409. The Hall–Kier alpha value is -1.49. The number of anilines is 2. The maximum absolute atomic E-state index is 13.3. The third-order valence-electron chi connectivity index (χ3n) is 5.63. The van der Waals surface area contributed by atoms with Crippen molar-refractivity contribution in [1.29, 1.82) is 0 Å². The van der Waals surface area contributed by atoms with Gasteiger partial charge in [-0.2, -0.15) is 13.2 Å². The fourth-order valence-corrected chi connectivity index (χ4v) is 4.98. The van der Waals surface area contributed by atoms with Crippen LogP contribution in [0.1, 0.15) is 12.0 Å². The Morgan fingerprint density at radius 2 is 1.52 bits per heavy atom. The zero-order valence-corrected chi connectivity index (χ0v) is 20.2. The first kappa shape index (κ1) is 27.8. The molecule has 11 heteroatoms. The van der Waals surface area contributed by atoms with Crippen LogP contribution in [0.3, 0.4) is 0 Å². The molecule has 5 nitrogen and oxygen atoms in total. The normalized spacial score (nSPS) is 16.3. The topological polar surface area (TPSA) is 47.0 Å². The van der Waals surface area contributed by atoms with Crippen LogP contribution in [0.2, 0.25) is 0 Å². The molecule has 0 radical (unpaired) electrons. The van der Waals surface area contributed by atoms with Gasteiger partial charge in [-0.3, -0.25) is 14.6 Å². The molecule has 2 aromatic carbocycles. The fourth-order valence-electron chi connectivity index (χ4n) is 3.94. The summed E-state index contributed by atoms with van der Waals surface area (Å²) in [6.07, 6.45) is -4.26. The molecule has 182 valence electrons. The summed E-state index contributed by atoms with van der Waals surface area (Å²) in [6, 6.07) is 10.9. The molecule has 1 fully saturated rings. The van der Waals surface area contributed by atoms with Crippen LogP contribution in [0.15, 0.2) is 52.3 Å². The number of alkyl halides is 3. The number of hydrogen-bond donors (Lipinski definition) is 1. The molecule has 2 aliphatic heterocycles. The van der Waals surface area contributed by atoms with Crippen molar-refractivity contribution < 1.29 is 23.1 Å². The van der Waals surface area contributed by atoms with E-state index in [4.69, 9.17) is 5.11 Å². The molecule has 2 aliphatic rings. The Labute approximate surface area is 207 Å². The highest BCUT2D eigenvalue weighted by Crippen LogP contribution is 2.49. The van der Waals surface area contributed by atoms with Gasteiger partial charge in [-0.1, -0.05) is 23.9 Å². The summed E-state index contributed by atoms with van der Waals surface area (Å²) < 4.78 is 40.0. The van der Waals surface area contributed by atoms with Gasteiger partial charge in [-0.15, -0.1) is 24.8 Å². The molecule has 4 rings (SSSR count). The van der Waals surface area contributed by atoms with Gasteiger partial charge in [0.05, 0.1) is 23.5 Å². The number of amides is 1. The van der Waals surface area contributed by atoms with Crippen LogP contribution in [0, 0.1) is 0 Å². The first-order valence-corrected chi connectivity index (χ1v) is 11.0. The molecule has 0 spiro atoms. The van der Waals surface area contributed by atoms with Crippen molar-refractivity contribution in [1.82, 2.24) is 9.80 Å². The largest absolute Gasteiger partial charge is 0.416 e. The van der Waals surface area contributed by atoms with E-state index in [0.29, 0.717) is 23.7 Å². The second kappa shape index (κ2) is 11.8. The first-order valence-electron chi connectivity index (χ1n) is 10.2. The van der Waals surface area contributed by atoms with Gasteiger partial charge in [0.1, 0.15) is 0 Å². The number of benzene rings is 2. The van der Waals surface area contributed by atoms with Crippen molar-refractivity contribution in [2.24, 2.45) is 0 Å². The van der Waals surface area contributed by atoms with Gasteiger partial charge in [0, 0.05) is 55.5 Å². The Morgan fingerprint density at radius 3 is 2.15 bits per heavy atom. The lowest BCUT2D eigenvalue weighted by molar-refractivity contribution is -0.137. The second-order valence-electron chi connectivity index (χ2n) is 7.64. The van der Waals surface area contributed by atoms with Crippen molar-refractivity contribution in [2.75, 3.05) is 50.8 Å². The number of nitrogens with zero attached hydrogens (tertiary/aromatic N) is 3. The highest BCUT2D eigenvalue weighted by Gasteiger charge is 2.35. The molecule has 1 N–H and O–H groups in total. The number of rotatable bonds is 5. The minimum atomic E-state index is -4.47. The number of para-hydroxylation sites is 1. The molecule has 2 heterocycles. The molecular formula is C22H26Cl2F3N3O2S. The Balaban J connectivity index is 0.00000193. The summed E-state index contributed by atoms with van der Waals surface area (Å²) in [5.41, 5.74) is 0.150. The predicted octanol–water partition coefficient (Wildman–Crippen LogP) is 4.68. The molecule has 0 aliphatic carbocycles. The maximum Gasteiger partial charge on any atom is 0.416 e. The number of halogens is 5. The van der Waals surface area contributed by atoms with E-state index in [1.54, 1.807) is 12.1 Å². The van der Waals surface area contributed by atoms with Crippen molar-refractivity contribution >= 4 is 53.9 Å². The van der Waals surface area contributed by atoms with Crippen molar-refractivity contribution in [3.05, 3.63) is 48.0 Å². The van der Waals surface area contributed by atoms with E-state index < -0.39 is 11.7 Å². The average Bonchev–Trinajstić information content (AvgIpc) is 2.76. The third-order valence-corrected chi connectivity index (χ3v) is 6.76. The van der Waals surface area contributed by atoms with Gasteiger partial charge in [0.2, 0.25) is 5.91 Å². The number of carbonyl (C=O) groups is 1. The standard InChI is InChI=1S/C22H24F3N3O2S.2ClH/c23-22(24,25)16-5-6-20-18(15-16)28(17-3-1-2-4-19(17)31-20)21(30)7-8-26-9-11-27(12-10-26)13-14-29;;/h1-6,15,29H,7-14H2;2*1H. The maximum atomic E-state index is 13.3.